The third-order valence-corrected chi connectivity index (χ3v) is 2.98. The lowest BCUT2D eigenvalue weighted by Crippen LogP contribution is -2.16. The highest BCUT2D eigenvalue weighted by atomic mass is 19.4. The highest BCUT2D eigenvalue weighted by molar-refractivity contribution is 6.08. The van der Waals surface area contributed by atoms with Crippen molar-refractivity contribution in [3.8, 4) is 11.3 Å². The summed E-state index contributed by atoms with van der Waals surface area (Å²) in [6.45, 7) is 0. The number of methoxy groups -OCH3 is 2. The molecule has 0 N–H and O–H groups in total. The van der Waals surface area contributed by atoms with Gasteiger partial charge in [0.05, 0.1) is 14.2 Å². The molecule has 1 aromatic heterocycles. The summed E-state index contributed by atoms with van der Waals surface area (Å²) in [5.74, 6) is -4.50. The van der Waals surface area contributed by atoms with Gasteiger partial charge in [0, 0.05) is 5.56 Å². The number of hydrogen-bond acceptors (Lipinski definition) is 5. The lowest BCUT2D eigenvalue weighted by molar-refractivity contribution is -0.153. The van der Waals surface area contributed by atoms with E-state index >= 15 is 0 Å². The van der Waals surface area contributed by atoms with Gasteiger partial charge in [-0.2, -0.15) is 13.2 Å². The summed E-state index contributed by atoms with van der Waals surface area (Å²) in [5.41, 5.74) is -1.45. The average molecular weight is 328 g/mol. The molecule has 0 aliphatic heterocycles. The lowest BCUT2D eigenvalue weighted by Gasteiger charge is -2.05. The van der Waals surface area contributed by atoms with E-state index in [1.54, 1.807) is 18.2 Å². The number of carbonyl (C=O) groups excluding carboxylic acids is 2. The first-order valence-corrected chi connectivity index (χ1v) is 6.27. The third-order valence-electron chi connectivity index (χ3n) is 2.98. The Hall–Kier alpha value is -2.77. The van der Waals surface area contributed by atoms with E-state index in [0.717, 1.165) is 14.2 Å². The van der Waals surface area contributed by atoms with Gasteiger partial charge in [-0.15, -0.1) is 0 Å². The normalized spacial score (nSPS) is 11.2. The van der Waals surface area contributed by atoms with Gasteiger partial charge in [0.1, 0.15) is 16.9 Å². The van der Waals surface area contributed by atoms with Gasteiger partial charge in [-0.3, -0.25) is 0 Å². The number of furan rings is 1. The minimum atomic E-state index is -4.99. The molecule has 122 valence electrons. The molecule has 8 heteroatoms. The molecule has 0 aliphatic carbocycles. The molecule has 0 spiro atoms. The molecule has 0 fully saturated rings. The van der Waals surface area contributed by atoms with Gasteiger partial charge < -0.3 is 13.9 Å². The molecule has 1 aromatic carbocycles. The van der Waals surface area contributed by atoms with Crippen molar-refractivity contribution < 1.29 is 36.7 Å². The van der Waals surface area contributed by atoms with E-state index in [9.17, 15) is 22.8 Å². The first-order valence-electron chi connectivity index (χ1n) is 6.27. The highest BCUT2D eigenvalue weighted by Gasteiger charge is 2.45. The van der Waals surface area contributed by atoms with Crippen LogP contribution in [0.2, 0.25) is 0 Å². The summed E-state index contributed by atoms with van der Waals surface area (Å²) in [4.78, 5) is 23.7. The van der Waals surface area contributed by atoms with Crippen LogP contribution in [-0.2, 0) is 15.7 Å². The van der Waals surface area contributed by atoms with Crippen LogP contribution in [0.25, 0.3) is 11.3 Å². The van der Waals surface area contributed by atoms with E-state index in [4.69, 9.17) is 4.42 Å². The summed E-state index contributed by atoms with van der Waals surface area (Å²) >= 11 is 0. The Bertz CT molecular complexity index is 732. The zero-order chi connectivity index (χ0) is 17.2. The van der Waals surface area contributed by atoms with Crippen molar-refractivity contribution >= 4 is 11.9 Å². The topological polar surface area (TPSA) is 65.7 Å². The number of rotatable bonds is 3. The summed E-state index contributed by atoms with van der Waals surface area (Å²) in [5, 5.41) is 0. The molecule has 0 bridgehead atoms. The second-order valence-corrected chi connectivity index (χ2v) is 4.36. The van der Waals surface area contributed by atoms with Gasteiger partial charge in [0.2, 0.25) is 5.76 Å². The molecular formula is C15H11F3O5. The Morgan fingerprint density at radius 3 is 1.96 bits per heavy atom. The van der Waals surface area contributed by atoms with Crippen LogP contribution in [0.15, 0.2) is 34.7 Å². The van der Waals surface area contributed by atoms with Gasteiger partial charge in [-0.1, -0.05) is 30.3 Å². The molecule has 2 aromatic rings. The van der Waals surface area contributed by atoms with Crippen molar-refractivity contribution in [3.05, 3.63) is 47.2 Å². The maximum atomic E-state index is 13.2. The number of alkyl halides is 3. The molecule has 0 saturated carbocycles. The van der Waals surface area contributed by atoms with E-state index in [0.29, 0.717) is 0 Å². The number of halogens is 3. The fourth-order valence-corrected chi connectivity index (χ4v) is 2.02. The quantitative estimate of drug-likeness (QED) is 0.806. The molecule has 0 unspecified atom stereocenters. The van der Waals surface area contributed by atoms with Gasteiger partial charge in [0.15, 0.2) is 0 Å². The SMILES string of the molecule is COC(=O)c1c(-c2ccccc2)oc(C(F)(F)F)c1C(=O)OC. The fourth-order valence-electron chi connectivity index (χ4n) is 2.02. The standard InChI is InChI=1S/C15H11F3O5/c1-21-13(19)9-10(14(20)22-2)12(15(16,17)18)23-11(9)8-6-4-3-5-7-8/h3-7H,1-2H3. The Kier molecular flexibility index (Phi) is 4.44. The maximum absolute atomic E-state index is 13.2. The van der Waals surface area contributed by atoms with Crippen molar-refractivity contribution in [2.45, 2.75) is 6.18 Å². The molecule has 0 radical (unpaired) electrons. The van der Waals surface area contributed by atoms with Crippen LogP contribution in [-0.4, -0.2) is 26.2 Å². The molecule has 0 saturated heterocycles. The van der Waals surface area contributed by atoms with Gasteiger partial charge in [-0.05, 0) is 0 Å². The number of esters is 2. The third kappa shape index (κ3) is 3.05. The van der Waals surface area contributed by atoms with Gasteiger partial charge >= 0.3 is 18.1 Å². The molecule has 1 heterocycles. The van der Waals surface area contributed by atoms with Crippen LogP contribution in [0.5, 0.6) is 0 Å². The lowest BCUT2D eigenvalue weighted by atomic mass is 10.0. The smallest absolute Gasteiger partial charge is 0.450 e. The first-order chi connectivity index (χ1) is 10.8. The van der Waals surface area contributed by atoms with Crippen LogP contribution in [0.3, 0.4) is 0 Å². The van der Waals surface area contributed by atoms with E-state index in [2.05, 4.69) is 9.47 Å². The maximum Gasteiger partial charge on any atom is 0.450 e. The van der Waals surface area contributed by atoms with Crippen LogP contribution < -0.4 is 0 Å². The molecule has 0 atom stereocenters. The second kappa shape index (κ2) is 6.15. The van der Waals surface area contributed by atoms with Crippen molar-refractivity contribution in [2.75, 3.05) is 14.2 Å². The summed E-state index contributed by atoms with van der Waals surface area (Å²) in [6, 6.07) is 7.60. The Morgan fingerprint density at radius 2 is 1.48 bits per heavy atom. The molecule has 0 amide bonds. The van der Waals surface area contributed by atoms with Crippen molar-refractivity contribution in [2.24, 2.45) is 0 Å². The van der Waals surface area contributed by atoms with Gasteiger partial charge in [-0.25, -0.2) is 9.59 Å². The number of carbonyl (C=O) groups is 2. The number of hydrogen-bond donors (Lipinski definition) is 0. The highest BCUT2D eigenvalue weighted by Crippen LogP contribution is 2.41. The summed E-state index contributed by atoms with van der Waals surface area (Å²) in [6.07, 6.45) is -4.99. The fraction of sp³-hybridized carbons (Fsp3) is 0.200. The Labute approximate surface area is 128 Å². The van der Waals surface area contributed by atoms with E-state index in [-0.39, 0.29) is 5.56 Å². The zero-order valence-electron chi connectivity index (χ0n) is 12.1. The summed E-state index contributed by atoms with van der Waals surface area (Å²) < 4.78 is 53.2. The van der Waals surface area contributed by atoms with Crippen LogP contribution in [0.1, 0.15) is 26.5 Å². The molecule has 2 rings (SSSR count). The van der Waals surface area contributed by atoms with Crippen molar-refractivity contribution in [3.63, 3.8) is 0 Å². The minimum Gasteiger partial charge on any atom is -0.465 e. The largest absolute Gasteiger partial charge is 0.465 e. The summed E-state index contributed by atoms with van der Waals surface area (Å²) in [7, 11) is 1.89. The predicted molar refractivity (Wildman–Crippen MR) is 71.8 cm³/mol. The predicted octanol–water partition coefficient (Wildman–Crippen LogP) is 3.54. The molecule has 0 aliphatic rings. The first kappa shape index (κ1) is 16.6. The zero-order valence-corrected chi connectivity index (χ0v) is 12.1. The number of benzene rings is 1. The van der Waals surface area contributed by atoms with Crippen molar-refractivity contribution in [1.82, 2.24) is 0 Å². The monoisotopic (exact) mass is 328 g/mol. The molecular weight excluding hydrogens is 317 g/mol. The van der Waals surface area contributed by atoms with Gasteiger partial charge in [0.25, 0.3) is 0 Å². The Balaban J connectivity index is 2.84. The second-order valence-electron chi connectivity index (χ2n) is 4.36. The Morgan fingerprint density at radius 1 is 0.957 bits per heavy atom. The molecule has 5 nitrogen and oxygen atoms in total. The number of ether oxygens (including phenoxy) is 2. The van der Waals surface area contributed by atoms with Crippen molar-refractivity contribution in [1.29, 1.82) is 0 Å². The van der Waals surface area contributed by atoms with E-state index in [1.807, 2.05) is 0 Å². The van der Waals surface area contributed by atoms with Crippen LogP contribution >= 0.6 is 0 Å². The van der Waals surface area contributed by atoms with Crippen LogP contribution in [0, 0.1) is 0 Å². The van der Waals surface area contributed by atoms with Crippen LogP contribution in [0.4, 0.5) is 13.2 Å². The van der Waals surface area contributed by atoms with E-state index in [1.165, 1.54) is 12.1 Å². The van der Waals surface area contributed by atoms with E-state index < -0.39 is 40.8 Å². The molecule has 23 heavy (non-hydrogen) atoms. The minimum absolute atomic E-state index is 0.188. The average Bonchev–Trinajstić information content (AvgIpc) is 2.95.